The maximum Gasteiger partial charge on any atom is 0.183 e. The first-order valence-electron chi connectivity index (χ1n) is 7.58. The Kier molecular flexibility index (Phi) is 4.75. The number of hydrogen-bond donors (Lipinski definition) is 1. The van der Waals surface area contributed by atoms with Crippen LogP contribution in [-0.2, 0) is 0 Å². The van der Waals surface area contributed by atoms with E-state index >= 15 is 0 Å². The van der Waals surface area contributed by atoms with Crippen molar-refractivity contribution in [3.63, 3.8) is 0 Å². The molecule has 23 heavy (non-hydrogen) atoms. The molecule has 0 amide bonds. The summed E-state index contributed by atoms with van der Waals surface area (Å²) in [6.07, 6.45) is 4.31. The fourth-order valence-electron chi connectivity index (χ4n) is 3.00. The number of aliphatic hydroxyl groups is 1. The topological polar surface area (TPSA) is 73.0 Å². The fraction of sp³-hybridized carbons (Fsp3) is 0.353. The van der Waals surface area contributed by atoms with Crippen molar-refractivity contribution in [2.75, 3.05) is 18.0 Å². The number of halogens is 1. The summed E-state index contributed by atoms with van der Waals surface area (Å²) >= 11 is 5.89. The van der Waals surface area contributed by atoms with Crippen LogP contribution in [0.4, 0.5) is 5.82 Å². The van der Waals surface area contributed by atoms with Gasteiger partial charge in [0.2, 0.25) is 0 Å². The molecule has 1 aromatic heterocycles. The van der Waals surface area contributed by atoms with Gasteiger partial charge in [-0.05, 0) is 36.5 Å². The smallest absolute Gasteiger partial charge is 0.183 e. The van der Waals surface area contributed by atoms with Crippen LogP contribution < -0.4 is 4.90 Å². The number of anilines is 1. The van der Waals surface area contributed by atoms with Gasteiger partial charge in [0.1, 0.15) is 6.07 Å². The van der Waals surface area contributed by atoms with Crippen molar-refractivity contribution in [2.24, 2.45) is 5.92 Å². The molecule has 0 saturated carbocycles. The average Bonchev–Trinajstić information content (AvgIpc) is 2.62. The molecule has 0 unspecified atom stereocenters. The van der Waals surface area contributed by atoms with E-state index < -0.39 is 6.10 Å². The second-order valence-corrected chi connectivity index (χ2v) is 6.10. The number of benzene rings is 1. The highest BCUT2D eigenvalue weighted by Crippen LogP contribution is 2.32. The van der Waals surface area contributed by atoms with E-state index in [2.05, 4.69) is 20.9 Å². The van der Waals surface area contributed by atoms with Gasteiger partial charge < -0.3 is 10.0 Å². The first-order chi connectivity index (χ1) is 11.2. The molecule has 1 aromatic carbocycles. The maximum atomic E-state index is 10.6. The normalized spacial score (nSPS) is 16.8. The lowest BCUT2D eigenvalue weighted by atomic mass is 9.87. The lowest BCUT2D eigenvalue weighted by Gasteiger charge is -2.35. The summed E-state index contributed by atoms with van der Waals surface area (Å²) in [5.41, 5.74) is 1.24. The highest BCUT2D eigenvalue weighted by molar-refractivity contribution is 6.30. The predicted octanol–water partition coefficient (Wildman–Crippen LogP) is 2.95. The molecular weight excluding hydrogens is 312 g/mol. The van der Waals surface area contributed by atoms with Gasteiger partial charge >= 0.3 is 0 Å². The summed E-state index contributed by atoms with van der Waals surface area (Å²) in [4.78, 5) is 10.4. The van der Waals surface area contributed by atoms with Gasteiger partial charge in [-0.15, -0.1) is 0 Å². The number of rotatable bonds is 3. The Labute approximate surface area is 140 Å². The number of aliphatic hydroxyl groups excluding tert-OH is 1. The van der Waals surface area contributed by atoms with Gasteiger partial charge in [0.25, 0.3) is 0 Å². The molecule has 2 aromatic rings. The molecule has 0 bridgehead atoms. The Morgan fingerprint density at radius 3 is 2.48 bits per heavy atom. The van der Waals surface area contributed by atoms with E-state index in [1.165, 1.54) is 6.20 Å². The molecule has 1 aliphatic rings. The maximum absolute atomic E-state index is 10.6. The number of nitrogens with zero attached hydrogens (tertiary/aromatic N) is 4. The molecular formula is C17H17ClN4O. The Balaban J connectivity index is 1.66. The van der Waals surface area contributed by atoms with Crippen LogP contribution in [0.1, 0.15) is 30.2 Å². The molecule has 1 fully saturated rings. The van der Waals surface area contributed by atoms with E-state index in [-0.39, 0.29) is 5.92 Å². The predicted molar refractivity (Wildman–Crippen MR) is 88.1 cm³/mol. The number of hydrogen-bond acceptors (Lipinski definition) is 5. The van der Waals surface area contributed by atoms with Crippen molar-refractivity contribution in [3.8, 4) is 6.07 Å². The van der Waals surface area contributed by atoms with Crippen molar-refractivity contribution in [3.05, 3.63) is 52.9 Å². The van der Waals surface area contributed by atoms with Crippen LogP contribution >= 0.6 is 11.6 Å². The fourth-order valence-corrected chi connectivity index (χ4v) is 3.13. The average molecular weight is 329 g/mol. The Morgan fingerprint density at radius 2 is 1.83 bits per heavy atom. The van der Waals surface area contributed by atoms with Gasteiger partial charge in [-0.2, -0.15) is 5.26 Å². The number of nitriles is 1. The Hall–Kier alpha value is -2.16. The highest BCUT2D eigenvalue weighted by Gasteiger charge is 2.27. The zero-order valence-corrected chi connectivity index (χ0v) is 13.3. The Bertz CT molecular complexity index is 705. The van der Waals surface area contributed by atoms with E-state index in [1.807, 2.05) is 12.1 Å². The Morgan fingerprint density at radius 1 is 1.17 bits per heavy atom. The third kappa shape index (κ3) is 3.44. The summed E-state index contributed by atoms with van der Waals surface area (Å²) in [7, 11) is 0. The molecule has 1 saturated heterocycles. The van der Waals surface area contributed by atoms with E-state index in [0.717, 1.165) is 31.5 Å². The minimum absolute atomic E-state index is 0.189. The second-order valence-electron chi connectivity index (χ2n) is 5.66. The van der Waals surface area contributed by atoms with E-state index in [4.69, 9.17) is 16.9 Å². The van der Waals surface area contributed by atoms with Crippen LogP contribution in [0.3, 0.4) is 0 Å². The van der Waals surface area contributed by atoms with E-state index in [9.17, 15) is 5.11 Å². The van der Waals surface area contributed by atoms with Gasteiger partial charge in [0.15, 0.2) is 11.5 Å². The van der Waals surface area contributed by atoms with Crippen molar-refractivity contribution in [1.29, 1.82) is 5.26 Å². The van der Waals surface area contributed by atoms with Gasteiger partial charge in [0, 0.05) is 30.5 Å². The first kappa shape index (κ1) is 15.7. The minimum atomic E-state index is -0.494. The number of piperidine rings is 1. The van der Waals surface area contributed by atoms with Gasteiger partial charge in [-0.3, -0.25) is 0 Å². The largest absolute Gasteiger partial charge is 0.388 e. The van der Waals surface area contributed by atoms with Crippen LogP contribution in [0.2, 0.25) is 5.02 Å². The highest BCUT2D eigenvalue weighted by atomic mass is 35.5. The number of aromatic nitrogens is 2. The molecule has 1 atom stereocenters. The quantitative estimate of drug-likeness (QED) is 0.937. The summed E-state index contributed by atoms with van der Waals surface area (Å²) in [6, 6.07) is 9.42. The molecule has 1 aliphatic heterocycles. The van der Waals surface area contributed by atoms with Crippen molar-refractivity contribution >= 4 is 17.4 Å². The van der Waals surface area contributed by atoms with Crippen LogP contribution in [0.5, 0.6) is 0 Å². The molecule has 1 N–H and O–H groups in total. The van der Waals surface area contributed by atoms with Crippen molar-refractivity contribution in [1.82, 2.24) is 9.97 Å². The first-order valence-corrected chi connectivity index (χ1v) is 7.96. The van der Waals surface area contributed by atoms with Gasteiger partial charge in [-0.1, -0.05) is 23.7 Å². The summed E-state index contributed by atoms with van der Waals surface area (Å²) in [5.74, 6) is 0.823. The lowest BCUT2D eigenvalue weighted by molar-refractivity contribution is 0.0929. The van der Waals surface area contributed by atoms with Crippen molar-refractivity contribution < 1.29 is 5.11 Å². The molecule has 6 heteroatoms. The third-order valence-corrected chi connectivity index (χ3v) is 4.53. The zero-order chi connectivity index (χ0) is 16.2. The molecule has 0 radical (unpaired) electrons. The van der Waals surface area contributed by atoms with E-state index in [1.54, 1.807) is 18.3 Å². The zero-order valence-electron chi connectivity index (χ0n) is 12.6. The minimum Gasteiger partial charge on any atom is -0.388 e. The molecule has 5 nitrogen and oxygen atoms in total. The summed E-state index contributed by atoms with van der Waals surface area (Å²) in [6.45, 7) is 1.51. The standard InChI is InChI=1S/C17H17ClN4O/c18-14-3-1-12(2-4-14)16(23)13-5-9-22(10-6-13)17-15(11-19)20-7-8-21-17/h1-4,7-8,13,16,23H,5-6,9-10H2/t16-/m1/s1. The molecule has 0 spiro atoms. The molecule has 0 aliphatic carbocycles. The molecule has 118 valence electrons. The van der Waals surface area contributed by atoms with E-state index in [0.29, 0.717) is 16.5 Å². The SMILES string of the molecule is N#Cc1nccnc1N1CCC([C@H](O)c2ccc(Cl)cc2)CC1. The monoisotopic (exact) mass is 328 g/mol. The van der Waals surface area contributed by atoms with Crippen LogP contribution in [0, 0.1) is 17.2 Å². The van der Waals surface area contributed by atoms with Gasteiger partial charge in [-0.25, -0.2) is 9.97 Å². The second kappa shape index (κ2) is 6.95. The molecule has 3 rings (SSSR count). The summed E-state index contributed by atoms with van der Waals surface area (Å²) in [5, 5.41) is 20.4. The van der Waals surface area contributed by atoms with Crippen LogP contribution in [0.15, 0.2) is 36.7 Å². The summed E-state index contributed by atoms with van der Waals surface area (Å²) < 4.78 is 0. The lowest BCUT2D eigenvalue weighted by Crippen LogP contribution is -2.36. The third-order valence-electron chi connectivity index (χ3n) is 4.28. The van der Waals surface area contributed by atoms with Gasteiger partial charge in [0.05, 0.1) is 6.10 Å². The van der Waals surface area contributed by atoms with Crippen LogP contribution in [0.25, 0.3) is 0 Å². The van der Waals surface area contributed by atoms with Crippen molar-refractivity contribution in [2.45, 2.75) is 18.9 Å². The van der Waals surface area contributed by atoms with Crippen LogP contribution in [-0.4, -0.2) is 28.2 Å². The molecule has 2 heterocycles.